The molecule has 1 aliphatic rings. The molecule has 1 atom stereocenters. The van der Waals surface area contributed by atoms with Crippen LogP contribution < -0.4 is 5.01 Å². The van der Waals surface area contributed by atoms with Crippen LogP contribution in [0.1, 0.15) is 23.6 Å². The lowest BCUT2D eigenvalue weighted by Gasteiger charge is -2.24. The third-order valence-electron chi connectivity index (χ3n) is 4.39. The Morgan fingerprint density at radius 2 is 1.56 bits per heavy atom. The van der Waals surface area contributed by atoms with Gasteiger partial charge in [0, 0.05) is 11.4 Å². The van der Waals surface area contributed by atoms with Crippen LogP contribution in [-0.4, -0.2) is 10.8 Å². The molecule has 1 N–H and O–H groups in total. The summed E-state index contributed by atoms with van der Waals surface area (Å²) < 4.78 is 0. The number of halogens is 1. The number of anilines is 1. The highest BCUT2D eigenvalue weighted by Gasteiger charge is 2.29. The Labute approximate surface area is 151 Å². The van der Waals surface area contributed by atoms with E-state index >= 15 is 0 Å². The van der Waals surface area contributed by atoms with Crippen molar-refractivity contribution < 1.29 is 5.11 Å². The molecule has 4 rings (SSSR count). The van der Waals surface area contributed by atoms with Crippen LogP contribution in [0.4, 0.5) is 5.69 Å². The first-order valence-electron chi connectivity index (χ1n) is 8.17. The van der Waals surface area contributed by atoms with Gasteiger partial charge in [-0.3, -0.25) is 5.01 Å². The van der Waals surface area contributed by atoms with Crippen molar-refractivity contribution in [3.63, 3.8) is 0 Å². The number of hydrazone groups is 1. The maximum absolute atomic E-state index is 9.58. The van der Waals surface area contributed by atoms with Gasteiger partial charge in [-0.25, -0.2) is 0 Å². The van der Waals surface area contributed by atoms with Crippen molar-refractivity contribution in [2.75, 3.05) is 5.01 Å². The molecule has 3 aromatic rings. The first-order chi connectivity index (χ1) is 12.2. The maximum atomic E-state index is 9.58. The summed E-state index contributed by atoms with van der Waals surface area (Å²) in [6.07, 6.45) is 0.793. The Kier molecular flexibility index (Phi) is 4.16. The standard InChI is InChI=1S/C21H17ClN2O/c22-17-10-6-15(7-11-17)20-14-21(16-8-12-19(25)13-9-16)24(23-20)18-4-2-1-3-5-18/h1-13,21,25H,14H2. The van der Waals surface area contributed by atoms with E-state index in [1.54, 1.807) is 12.1 Å². The molecule has 0 aromatic heterocycles. The smallest absolute Gasteiger partial charge is 0.115 e. The van der Waals surface area contributed by atoms with Gasteiger partial charge in [0.2, 0.25) is 0 Å². The zero-order valence-corrected chi connectivity index (χ0v) is 14.3. The lowest BCUT2D eigenvalue weighted by Crippen LogP contribution is -2.18. The van der Waals surface area contributed by atoms with Gasteiger partial charge in [0.15, 0.2) is 0 Å². The number of rotatable bonds is 3. The summed E-state index contributed by atoms with van der Waals surface area (Å²) in [5.41, 5.74) is 4.27. The molecule has 0 spiro atoms. The van der Waals surface area contributed by atoms with Gasteiger partial charge in [-0.05, 0) is 47.5 Å². The number of phenolic OH excluding ortho intramolecular Hbond substituents is 1. The first kappa shape index (κ1) is 15.7. The van der Waals surface area contributed by atoms with Gasteiger partial charge in [-0.15, -0.1) is 0 Å². The lowest BCUT2D eigenvalue weighted by atomic mass is 9.98. The molecule has 1 unspecified atom stereocenters. The van der Waals surface area contributed by atoms with Crippen molar-refractivity contribution in [3.05, 3.63) is 95.0 Å². The molecule has 124 valence electrons. The minimum absolute atomic E-state index is 0.0914. The number of phenols is 1. The summed E-state index contributed by atoms with van der Waals surface area (Å²) >= 11 is 6.01. The fourth-order valence-electron chi connectivity index (χ4n) is 3.10. The van der Waals surface area contributed by atoms with Crippen molar-refractivity contribution in [1.29, 1.82) is 0 Å². The summed E-state index contributed by atoms with van der Waals surface area (Å²) in [6, 6.07) is 25.4. The second-order valence-corrected chi connectivity index (χ2v) is 6.48. The molecule has 0 saturated heterocycles. The van der Waals surface area contributed by atoms with Gasteiger partial charge in [-0.1, -0.05) is 54.1 Å². The van der Waals surface area contributed by atoms with E-state index < -0.39 is 0 Å². The zero-order chi connectivity index (χ0) is 17.2. The zero-order valence-electron chi connectivity index (χ0n) is 13.5. The SMILES string of the molecule is Oc1ccc(C2CC(c3ccc(Cl)cc3)=NN2c2ccccc2)cc1. The van der Waals surface area contributed by atoms with Crippen molar-refractivity contribution in [1.82, 2.24) is 0 Å². The molecule has 3 nitrogen and oxygen atoms in total. The van der Waals surface area contributed by atoms with Crippen LogP contribution in [-0.2, 0) is 0 Å². The number of nitrogens with zero attached hydrogens (tertiary/aromatic N) is 2. The summed E-state index contributed by atoms with van der Waals surface area (Å²) in [7, 11) is 0. The van der Waals surface area contributed by atoms with E-state index in [9.17, 15) is 5.11 Å². The molecule has 0 amide bonds. The molecule has 25 heavy (non-hydrogen) atoms. The van der Waals surface area contributed by atoms with E-state index in [-0.39, 0.29) is 11.8 Å². The van der Waals surface area contributed by atoms with Crippen LogP contribution in [0.2, 0.25) is 5.02 Å². The van der Waals surface area contributed by atoms with Gasteiger partial charge >= 0.3 is 0 Å². The number of benzene rings is 3. The normalized spacial score (nSPS) is 16.8. The Morgan fingerprint density at radius 1 is 0.880 bits per heavy atom. The van der Waals surface area contributed by atoms with Crippen molar-refractivity contribution in [2.45, 2.75) is 12.5 Å². The summed E-state index contributed by atoms with van der Waals surface area (Å²) in [5, 5.41) is 17.2. The summed E-state index contributed by atoms with van der Waals surface area (Å²) in [4.78, 5) is 0. The number of hydrogen-bond acceptors (Lipinski definition) is 3. The molecule has 0 saturated carbocycles. The monoisotopic (exact) mass is 348 g/mol. The van der Waals surface area contributed by atoms with Crippen LogP contribution in [0.25, 0.3) is 0 Å². The number of aromatic hydroxyl groups is 1. The molecule has 4 heteroatoms. The van der Waals surface area contributed by atoms with Gasteiger partial charge in [0.25, 0.3) is 0 Å². The molecule has 0 fully saturated rings. The van der Waals surface area contributed by atoms with E-state index in [1.807, 2.05) is 54.6 Å². The van der Waals surface area contributed by atoms with E-state index in [1.165, 1.54) is 0 Å². The van der Waals surface area contributed by atoms with Crippen LogP contribution in [0.3, 0.4) is 0 Å². The average molecular weight is 349 g/mol. The average Bonchev–Trinajstić information content (AvgIpc) is 3.09. The highest BCUT2D eigenvalue weighted by Crippen LogP contribution is 2.37. The molecule has 0 aliphatic carbocycles. The second-order valence-electron chi connectivity index (χ2n) is 6.05. The third-order valence-corrected chi connectivity index (χ3v) is 4.64. The Bertz CT molecular complexity index is 889. The van der Waals surface area contributed by atoms with E-state index in [4.69, 9.17) is 16.7 Å². The van der Waals surface area contributed by atoms with Crippen LogP contribution in [0.15, 0.2) is 84.0 Å². The van der Waals surface area contributed by atoms with Gasteiger partial charge < -0.3 is 5.11 Å². The van der Waals surface area contributed by atoms with Crippen molar-refractivity contribution in [2.24, 2.45) is 5.10 Å². The summed E-state index contributed by atoms with van der Waals surface area (Å²) in [5.74, 6) is 0.270. The quantitative estimate of drug-likeness (QED) is 0.687. The minimum atomic E-state index is 0.0914. The highest BCUT2D eigenvalue weighted by molar-refractivity contribution is 6.30. The molecule has 1 aliphatic heterocycles. The molecule has 3 aromatic carbocycles. The largest absolute Gasteiger partial charge is 0.508 e. The Morgan fingerprint density at radius 3 is 2.24 bits per heavy atom. The van der Waals surface area contributed by atoms with Crippen molar-refractivity contribution in [3.8, 4) is 5.75 Å². The topological polar surface area (TPSA) is 35.8 Å². The Hall–Kier alpha value is -2.78. The van der Waals surface area contributed by atoms with Gasteiger partial charge in [-0.2, -0.15) is 5.10 Å². The lowest BCUT2D eigenvalue weighted by molar-refractivity contribution is 0.475. The third kappa shape index (κ3) is 3.24. The van der Waals surface area contributed by atoms with Gasteiger partial charge in [0.1, 0.15) is 5.75 Å². The second kappa shape index (κ2) is 6.61. The van der Waals surface area contributed by atoms with Crippen LogP contribution >= 0.6 is 11.6 Å². The summed E-state index contributed by atoms with van der Waals surface area (Å²) in [6.45, 7) is 0. The number of para-hydroxylation sites is 1. The first-order valence-corrected chi connectivity index (χ1v) is 8.55. The highest BCUT2D eigenvalue weighted by atomic mass is 35.5. The van der Waals surface area contributed by atoms with Crippen LogP contribution in [0, 0.1) is 0 Å². The molecule has 1 heterocycles. The number of hydrogen-bond donors (Lipinski definition) is 1. The molecule has 0 radical (unpaired) electrons. The maximum Gasteiger partial charge on any atom is 0.115 e. The van der Waals surface area contributed by atoms with Crippen molar-refractivity contribution >= 4 is 23.0 Å². The van der Waals surface area contributed by atoms with Gasteiger partial charge in [0.05, 0.1) is 17.4 Å². The minimum Gasteiger partial charge on any atom is -0.508 e. The Balaban J connectivity index is 1.73. The molecular weight excluding hydrogens is 332 g/mol. The van der Waals surface area contributed by atoms with E-state index in [0.717, 1.165) is 34.0 Å². The fraction of sp³-hybridized carbons (Fsp3) is 0.0952. The molecule has 0 bridgehead atoms. The predicted octanol–water partition coefficient (Wildman–Crippen LogP) is 5.40. The van der Waals surface area contributed by atoms with E-state index in [2.05, 4.69) is 17.1 Å². The predicted molar refractivity (Wildman–Crippen MR) is 102 cm³/mol. The fourth-order valence-corrected chi connectivity index (χ4v) is 3.23. The molecular formula is C21H17ClN2O. The van der Waals surface area contributed by atoms with Crippen LogP contribution in [0.5, 0.6) is 5.75 Å². The van der Waals surface area contributed by atoms with E-state index in [0.29, 0.717) is 0 Å².